The SMILES string of the molecule is C=C[Si](CC)(CC)c1ccc(C(=O)OO[C]2CCCC(C)C2C)cc1. The number of carbonyl (C=O) groups excluding carboxylic acids is 1. The van der Waals surface area contributed by atoms with Crippen LogP contribution in [0.1, 0.15) is 57.3 Å². The molecule has 4 heteroatoms. The fourth-order valence-corrected chi connectivity index (χ4v) is 6.61. The Balaban J connectivity index is 1.99. The zero-order valence-corrected chi connectivity index (χ0v) is 17.0. The summed E-state index contributed by atoms with van der Waals surface area (Å²) in [7, 11) is -1.64. The maximum atomic E-state index is 12.3. The Morgan fingerprint density at radius 1 is 1.24 bits per heavy atom. The molecule has 2 atom stereocenters. The van der Waals surface area contributed by atoms with Crippen LogP contribution in [0.3, 0.4) is 0 Å². The van der Waals surface area contributed by atoms with Crippen LogP contribution in [0, 0.1) is 17.9 Å². The summed E-state index contributed by atoms with van der Waals surface area (Å²) >= 11 is 0. The van der Waals surface area contributed by atoms with E-state index in [1.165, 1.54) is 11.6 Å². The van der Waals surface area contributed by atoms with Crippen molar-refractivity contribution in [3.63, 3.8) is 0 Å². The van der Waals surface area contributed by atoms with Crippen molar-refractivity contribution < 1.29 is 14.6 Å². The van der Waals surface area contributed by atoms with Gasteiger partial charge in [0.1, 0.15) is 8.07 Å². The monoisotopic (exact) mass is 359 g/mol. The van der Waals surface area contributed by atoms with Crippen molar-refractivity contribution in [3.05, 3.63) is 48.2 Å². The van der Waals surface area contributed by atoms with Gasteiger partial charge in [-0.05, 0) is 30.4 Å². The van der Waals surface area contributed by atoms with E-state index in [0.29, 0.717) is 17.4 Å². The van der Waals surface area contributed by atoms with E-state index in [4.69, 9.17) is 9.78 Å². The van der Waals surface area contributed by atoms with Gasteiger partial charge in [0, 0.05) is 0 Å². The molecule has 0 aromatic heterocycles. The van der Waals surface area contributed by atoms with E-state index in [1.54, 1.807) is 0 Å². The van der Waals surface area contributed by atoms with Crippen molar-refractivity contribution in [1.82, 2.24) is 0 Å². The number of benzene rings is 1. The van der Waals surface area contributed by atoms with E-state index in [1.807, 2.05) is 12.1 Å². The molecule has 0 heterocycles. The predicted molar refractivity (Wildman–Crippen MR) is 105 cm³/mol. The highest BCUT2D eigenvalue weighted by molar-refractivity contribution is 6.95. The fraction of sp³-hybridized carbons (Fsp3) is 0.524. The number of hydrogen-bond donors (Lipinski definition) is 0. The van der Waals surface area contributed by atoms with Crippen LogP contribution in [-0.2, 0) is 9.78 Å². The molecule has 1 radical (unpaired) electrons. The maximum absolute atomic E-state index is 12.3. The average Bonchev–Trinajstić information content (AvgIpc) is 2.65. The summed E-state index contributed by atoms with van der Waals surface area (Å²) in [4.78, 5) is 22.8. The van der Waals surface area contributed by atoms with E-state index < -0.39 is 14.0 Å². The molecular weight excluding hydrogens is 328 g/mol. The third-order valence-electron chi connectivity index (χ3n) is 6.02. The van der Waals surface area contributed by atoms with Crippen molar-refractivity contribution in [2.75, 3.05) is 0 Å². The minimum absolute atomic E-state index is 0.331. The van der Waals surface area contributed by atoms with Gasteiger partial charge in [-0.3, -0.25) is 4.89 Å². The van der Waals surface area contributed by atoms with Gasteiger partial charge >= 0.3 is 5.97 Å². The molecule has 2 rings (SSSR count). The Morgan fingerprint density at radius 3 is 2.44 bits per heavy atom. The predicted octanol–water partition coefficient (Wildman–Crippen LogP) is 5.18. The van der Waals surface area contributed by atoms with Gasteiger partial charge in [-0.15, -0.1) is 6.58 Å². The minimum atomic E-state index is -1.64. The smallest absolute Gasteiger partial charge is 0.292 e. The first-order valence-corrected chi connectivity index (χ1v) is 11.9. The second kappa shape index (κ2) is 8.81. The van der Waals surface area contributed by atoms with Crippen LogP contribution in [-0.4, -0.2) is 14.0 Å². The molecule has 0 aliphatic heterocycles. The molecule has 1 fully saturated rings. The van der Waals surface area contributed by atoms with E-state index >= 15 is 0 Å². The molecule has 0 spiro atoms. The minimum Gasteiger partial charge on any atom is -0.292 e. The van der Waals surface area contributed by atoms with Gasteiger partial charge in [-0.25, -0.2) is 4.79 Å². The molecule has 1 aromatic rings. The van der Waals surface area contributed by atoms with Crippen LogP contribution in [0.2, 0.25) is 12.1 Å². The summed E-state index contributed by atoms with van der Waals surface area (Å²) in [6, 6.07) is 10.0. The lowest BCUT2D eigenvalue weighted by molar-refractivity contribution is -0.248. The normalized spacial score (nSPS) is 21.8. The van der Waals surface area contributed by atoms with Gasteiger partial charge < -0.3 is 0 Å². The van der Waals surface area contributed by atoms with Gasteiger partial charge in [0.05, 0.1) is 5.56 Å². The molecule has 0 N–H and O–H groups in total. The van der Waals surface area contributed by atoms with Crippen LogP contribution >= 0.6 is 0 Å². The van der Waals surface area contributed by atoms with Crippen molar-refractivity contribution in [1.29, 1.82) is 0 Å². The maximum Gasteiger partial charge on any atom is 0.373 e. The highest BCUT2D eigenvalue weighted by atomic mass is 28.3. The Bertz CT molecular complexity index is 577. The van der Waals surface area contributed by atoms with Gasteiger partial charge in [0.2, 0.25) is 0 Å². The van der Waals surface area contributed by atoms with Crippen LogP contribution in [0.4, 0.5) is 0 Å². The zero-order chi connectivity index (χ0) is 18.4. The van der Waals surface area contributed by atoms with Gasteiger partial charge in [0.15, 0.2) is 6.10 Å². The Labute approximate surface area is 153 Å². The average molecular weight is 360 g/mol. The zero-order valence-electron chi connectivity index (χ0n) is 16.0. The highest BCUT2D eigenvalue weighted by Gasteiger charge is 2.31. The molecule has 0 amide bonds. The van der Waals surface area contributed by atoms with E-state index in [2.05, 4.69) is 52.1 Å². The second-order valence-electron chi connectivity index (χ2n) is 7.22. The first-order chi connectivity index (χ1) is 12.0. The molecule has 1 saturated carbocycles. The standard InChI is InChI=1S/C21H31O3Si/c1-6-25(7-2,8-3)19-14-12-18(13-15-19)21(22)24-23-20-11-9-10-16(4)17(20)5/h6,12-17H,1,7-11H2,2-5H3. The quantitative estimate of drug-likeness (QED) is 0.382. The summed E-state index contributed by atoms with van der Waals surface area (Å²) in [6.45, 7) is 12.8. The lowest BCUT2D eigenvalue weighted by Crippen LogP contribution is -2.44. The summed E-state index contributed by atoms with van der Waals surface area (Å²) in [5.41, 5.74) is 2.67. The second-order valence-corrected chi connectivity index (χ2v) is 11.9. The summed E-state index contributed by atoms with van der Waals surface area (Å²) in [5, 5.41) is 1.31. The van der Waals surface area contributed by atoms with Crippen molar-refractivity contribution in [2.45, 2.75) is 59.0 Å². The fourth-order valence-electron chi connectivity index (χ4n) is 3.65. The first kappa shape index (κ1) is 19.9. The van der Waals surface area contributed by atoms with Crippen LogP contribution in [0.25, 0.3) is 0 Å². The molecular formula is C21H31O3Si. The molecule has 1 aliphatic rings. The molecule has 0 bridgehead atoms. The summed E-state index contributed by atoms with van der Waals surface area (Å²) in [5.74, 6) is 0.474. The van der Waals surface area contributed by atoms with E-state index in [9.17, 15) is 4.79 Å². The Morgan fingerprint density at radius 2 is 1.88 bits per heavy atom. The molecule has 0 saturated heterocycles. The van der Waals surface area contributed by atoms with Crippen LogP contribution in [0.15, 0.2) is 36.5 Å². The summed E-state index contributed by atoms with van der Waals surface area (Å²) in [6.07, 6.45) is 4.06. The largest absolute Gasteiger partial charge is 0.373 e. The number of carbonyl (C=O) groups is 1. The van der Waals surface area contributed by atoms with Crippen molar-refractivity contribution in [3.8, 4) is 0 Å². The van der Waals surface area contributed by atoms with E-state index in [-0.39, 0.29) is 0 Å². The van der Waals surface area contributed by atoms with Gasteiger partial charge in [-0.2, -0.15) is 4.89 Å². The van der Waals surface area contributed by atoms with Crippen LogP contribution in [0.5, 0.6) is 0 Å². The third-order valence-corrected chi connectivity index (χ3v) is 10.8. The third kappa shape index (κ3) is 4.42. The van der Waals surface area contributed by atoms with E-state index in [0.717, 1.165) is 31.0 Å². The topological polar surface area (TPSA) is 35.5 Å². The summed E-state index contributed by atoms with van der Waals surface area (Å²) < 4.78 is 0. The molecule has 25 heavy (non-hydrogen) atoms. The Hall–Kier alpha value is -1.39. The number of rotatable bonds is 7. The van der Waals surface area contributed by atoms with Crippen molar-refractivity contribution >= 4 is 19.2 Å². The first-order valence-electron chi connectivity index (χ1n) is 9.46. The van der Waals surface area contributed by atoms with Crippen molar-refractivity contribution in [2.24, 2.45) is 11.8 Å². The lowest BCUT2D eigenvalue weighted by Gasteiger charge is -2.31. The lowest BCUT2D eigenvalue weighted by atomic mass is 9.80. The molecule has 2 unspecified atom stereocenters. The van der Waals surface area contributed by atoms with Gasteiger partial charge in [0.25, 0.3) is 0 Å². The Kier molecular flexibility index (Phi) is 7.02. The molecule has 1 aromatic carbocycles. The molecule has 137 valence electrons. The number of hydrogen-bond acceptors (Lipinski definition) is 3. The molecule has 3 nitrogen and oxygen atoms in total. The molecule has 1 aliphatic carbocycles. The van der Waals surface area contributed by atoms with Gasteiger partial charge in [-0.1, -0.05) is 75.6 Å². The van der Waals surface area contributed by atoms with Crippen LogP contribution < -0.4 is 5.19 Å². The highest BCUT2D eigenvalue weighted by Crippen LogP contribution is 2.36.